The van der Waals surface area contributed by atoms with Crippen LogP contribution in [0.5, 0.6) is 0 Å². The molecule has 2 fully saturated rings. The number of aliphatic hydroxyl groups excluding tert-OH is 1. The molecule has 0 bridgehead atoms. The van der Waals surface area contributed by atoms with Gasteiger partial charge in [-0.1, -0.05) is 39.5 Å². The Hall–Kier alpha value is -0.0800. The van der Waals surface area contributed by atoms with Crippen LogP contribution in [0.3, 0.4) is 0 Å². The van der Waals surface area contributed by atoms with Gasteiger partial charge in [0.25, 0.3) is 0 Å². The van der Waals surface area contributed by atoms with Gasteiger partial charge in [0, 0.05) is 5.54 Å². The van der Waals surface area contributed by atoms with Crippen molar-refractivity contribution in [3.05, 3.63) is 0 Å². The lowest BCUT2D eigenvalue weighted by molar-refractivity contribution is -0.0234. The minimum absolute atomic E-state index is 0.0863. The maximum absolute atomic E-state index is 10.7. The summed E-state index contributed by atoms with van der Waals surface area (Å²) in [5.41, 5.74) is 0.160. The highest BCUT2D eigenvalue weighted by Crippen LogP contribution is 2.41. The van der Waals surface area contributed by atoms with E-state index >= 15 is 0 Å². The van der Waals surface area contributed by atoms with Gasteiger partial charge in [-0.25, -0.2) is 0 Å². The van der Waals surface area contributed by atoms with Crippen molar-refractivity contribution in [1.82, 2.24) is 4.90 Å². The Morgan fingerprint density at radius 3 is 2.17 bits per heavy atom. The molecule has 1 N–H and O–H groups in total. The molecule has 1 saturated carbocycles. The van der Waals surface area contributed by atoms with Gasteiger partial charge in [-0.15, -0.1) is 0 Å². The Bertz CT molecular complexity index is 239. The molecule has 0 aromatic heterocycles. The summed E-state index contributed by atoms with van der Waals surface area (Å²) in [5.74, 6) is 0.767. The Kier molecular flexibility index (Phi) is 5.08. The zero-order chi connectivity index (χ0) is 13.0. The van der Waals surface area contributed by atoms with Crippen LogP contribution in [0.4, 0.5) is 0 Å². The van der Waals surface area contributed by atoms with E-state index in [1.54, 1.807) is 0 Å². The zero-order valence-electron chi connectivity index (χ0n) is 12.3. The van der Waals surface area contributed by atoms with Crippen molar-refractivity contribution < 1.29 is 5.11 Å². The third-order valence-electron chi connectivity index (χ3n) is 5.08. The highest BCUT2D eigenvalue weighted by atomic mass is 16.3. The Labute approximate surface area is 113 Å². The summed E-state index contributed by atoms with van der Waals surface area (Å²) >= 11 is 0. The maximum Gasteiger partial charge on any atom is 0.0723 e. The molecule has 0 spiro atoms. The number of rotatable bonds is 6. The fraction of sp³-hybridized carbons (Fsp3) is 1.00. The number of likely N-dealkylation sites (tertiary alicyclic amines) is 1. The minimum Gasteiger partial charge on any atom is -0.391 e. The first-order valence-electron chi connectivity index (χ1n) is 8.08. The molecular formula is C16H31NO. The van der Waals surface area contributed by atoms with Crippen molar-refractivity contribution in [2.75, 3.05) is 13.1 Å². The highest BCUT2D eigenvalue weighted by Gasteiger charge is 2.45. The standard InChI is InChI=1S/C16H31NO/c1-14(2)8-7-9-15(18)16(10-3-4-11-16)17-12-5-6-13-17/h14-15,18H,3-13H2,1-2H3. The molecule has 1 saturated heterocycles. The fourth-order valence-electron chi connectivity index (χ4n) is 4.00. The smallest absolute Gasteiger partial charge is 0.0723 e. The molecule has 2 aliphatic rings. The topological polar surface area (TPSA) is 23.5 Å². The molecule has 0 radical (unpaired) electrons. The van der Waals surface area contributed by atoms with Gasteiger partial charge in [0.1, 0.15) is 0 Å². The van der Waals surface area contributed by atoms with Gasteiger partial charge in [0.15, 0.2) is 0 Å². The SMILES string of the molecule is CC(C)CCCC(O)C1(N2CCCC2)CCCC1. The highest BCUT2D eigenvalue weighted by molar-refractivity contribution is 5.01. The Morgan fingerprint density at radius 2 is 1.61 bits per heavy atom. The van der Waals surface area contributed by atoms with Crippen LogP contribution >= 0.6 is 0 Å². The molecular weight excluding hydrogens is 222 g/mol. The molecule has 0 aromatic carbocycles. The van der Waals surface area contributed by atoms with E-state index in [1.165, 1.54) is 64.5 Å². The van der Waals surface area contributed by atoms with Crippen LogP contribution in [0.25, 0.3) is 0 Å². The Morgan fingerprint density at radius 1 is 1.00 bits per heavy atom. The van der Waals surface area contributed by atoms with E-state index in [2.05, 4.69) is 18.7 Å². The normalized spacial score (nSPS) is 26.0. The van der Waals surface area contributed by atoms with E-state index in [0.717, 1.165) is 12.3 Å². The van der Waals surface area contributed by atoms with Crippen molar-refractivity contribution in [3.63, 3.8) is 0 Å². The summed E-state index contributed by atoms with van der Waals surface area (Å²) in [6, 6.07) is 0. The molecule has 1 unspecified atom stereocenters. The van der Waals surface area contributed by atoms with Crippen molar-refractivity contribution in [1.29, 1.82) is 0 Å². The van der Waals surface area contributed by atoms with Gasteiger partial charge >= 0.3 is 0 Å². The summed E-state index contributed by atoms with van der Waals surface area (Å²) < 4.78 is 0. The number of hydrogen-bond donors (Lipinski definition) is 1. The van der Waals surface area contributed by atoms with E-state index in [-0.39, 0.29) is 11.6 Å². The average Bonchev–Trinajstić information content (AvgIpc) is 3.00. The summed E-state index contributed by atoms with van der Waals surface area (Å²) in [5, 5.41) is 10.7. The van der Waals surface area contributed by atoms with Crippen LogP contribution in [-0.2, 0) is 0 Å². The number of aliphatic hydroxyl groups is 1. The summed E-state index contributed by atoms with van der Waals surface area (Å²) in [7, 11) is 0. The predicted molar refractivity (Wildman–Crippen MR) is 76.7 cm³/mol. The molecule has 1 aliphatic carbocycles. The van der Waals surface area contributed by atoms with Gasteiger partial charge in [-0.3, -0.25) is 4.90 Å². The summed E-state index contributed by atoms with van der Waals surface area (Å²) in [4.78, 5) is 2.63. The van der Waals surface area contributed by atoms with Crippen LogP contribution in [0.1, 0.15) is 71.6 Å². The van der Waals surface area contributed by atoms with Crippen LogP contribution in [0.15, 0.2) is 0 Å². The monoisotopic (exact) mass is 253 g/mol. The molecule has 106 valence electrons. The van der Waals surface area contributed by atoms with Crippen molar-refractivity contribution in [2.45, 2.75) is 83.3 Å². The molecule has 1 atom stereocenters. The lowest BCUT2D eigenvalue weighted by Gasteiger charge is -2.43. The summed E-state index contributed by atoms with van der Waals surface area (Å²) in [6.07, 6.45) is 11.1. The lowest BCUT2D eigenvalue weighted by Crippen LogP contribution is -2.53. The number of hydrogen-bond acceptors (Lipinski definition) is 2. The largest absolute Gasteiger partial charge is 0.391 e. The van der Waals surface area contributed by atoms with Crippen molar-refractivity contribution in [3.8, 4) is 0 Å². The van der Waals surface area contributed by atoms with Crippen LogP contribution < -0.4 is 0 Å². The molecule has 0 amide bonds. The van der Waals surface area contributed by atoms with E-state index in [4.69, 9.17) is 0 Å². The van der Waals surface area contributed by atoms with Gasteiger partial charge in [0.2, 0.25) is 0 Å². The maximum atomic E-state index is 10.7. The fourth-order valence-corrected chi connectivity index (χ4v) is 4.00. The predicted octanol–water partition coefficient (Wildman–Crippen LogP) is 3.58. The van der Waals surface area contributed by atoms with E-state index < -0.39 is 0 Å². The van der Waals surface area contributed by atoms with Crippen LogP contribution in [0, 0.1) is 5.92 Å². The van der Waals surface area contributed by atoms with Gasteiger partial charge < -0.3 is 5.11 Å². The van der Waals surface area contributed by atoms with Gasteiger partial charge in [0.05, 0.1) is 6.10 Å². The van der Waals surface area contributed by atoms with Crippen LogP contribution in [0.2, 0.25) is 0 Å². The minimum atomic E-state index is -0.0863. The van der Waals surface area contributed by atoms with Crippen LogP contribution in [-0.4, -0.2) is 34.7 Å². The zero-order valence-corrected chi connectivity index (χ0v) is 12.3. The molecule has 2 heteroatoms. The second-order valence-electron chi connectivity index (χ2n) is 6.85. The third-order valence-corrected chi connectivity index (χ3v) is 5.08. The molecule has 2 nitrogen and oxygen atoms in total. The van der Waals surface area contributed by atoms with Gasteiger partial charge in [-0.2, -0.15) is 0 Å². The quantitative estimate of drug-likeness (QED) is 0.782. The third kappa shape index (κ3) is 3.08. The van der Waals surface area contributed by atoms with E-state index in [1.807, 2.05) is 0 Å². The van der Waals surface area contributed by atoms with E-state index in [9.17, 15) is 5.11 Å². The second kappa shape index (κ2) is 6.38. The molecule has 2 rings (SSSR count). The van der Waals surface area contributed by atoms with Gasteiger partial charge in [-0.05, 0) is 51.1 Å². The molecule has 1 aliphatic heterocycles. The summed E-state index contributed by atoms with van der Waals surface area (Å²) in [6.45, 7) is 7.00. The first-order valence-corrected chi connectivity index (χ1v) is 8.08. The second-order valence-corrected chi connectivity index (χ2v) is 6.85. The number of nitrogens with zero attached hydrogens (tertiary/aromatic N) is 1. The molecule has 18 heavy (non-hydrogen) atoms. The first-order chi connectivity index (χ1) is 8.65. The van der Waals surface area contributed by atoms with Crippen molar-refractivity contribution in [2.24, 2.45) is 5.92 Å². The Balaban J connectivity index is 1.91. The molecule has 1 heterocycles. The first kappa shape index (κ1) is 14.3. The molecule has 0 aromatic rings. The lowest BCUT2D eigenvalue weighted by atomic mass is 9.85. The van der Waals surface area contributed by atoms with Crippen molar-refractivity contribution >= 4 is 0 Å². The average molecular weight is 253 g/mol. The van der Waals surface area contributed by atoms with E-state index in [0.29, 0.717) is 0 Å².